The zero-order valence-electron chi connectivity index (χ0n) is 14.6. The molecule has 142 valence electrons. The van der Waals surface area contributed by atoms with Gasteiger partial charge in [0.25, 0.3) is 0 Å². The minimum atomic E-state index is -3.81. The van der Waals surface area contributed by atoms with E-state index in [0.717, 1.165) is 36.0 Å². The van der Waals surface area contributed by atoms with E-state index in [1.807, 2.05) is 0 Å². The van der Waals surface area contributed by atoms with Gasteiger partial charge in [0.15, 0.2) is 5.13 Å². The lowest BCUT2D eigenvalue weighted by molar-refractivity contribution is -0.173. The number of hydrogen-bond acceptors (Lipinski definition) is 5. The highest BCUT2D eigenvalue weighted by Crippen LogP contribution is 2.60. The molecule has 4 saturated carbocycles. The fourth-order valence-electron chi connectivity index (χ4n) is 5.42. The van der Waals surface area contributed by atoms with Crippen molar-refractivity contribution in [3.8, 4) is 0 Å². The Labute approximate surface area is 154 Å². The van der Waals surface area contributed by atoms with E-state index >= 15 is 0 Å². The van der Waals surface area contributed by atoms with Gasteiger partial charge in [0, 0.05) is 5.38 Å². The first kappa shape index (κ1) is 17.8. The van der Waals surface area contributed by atoms with Crippen molar-refractivity contribution < 1.29 is 23.1 Å². The van der Waals surface area contributed by atoms with Crippen LogP contribution in [0.25, 0.3) is 0 Å². The number of hydrogen-bond donors (Lipinski definition) is 1. The maximum absolute atomic E-state index is 14.1. The number of ether oxygens (including phenoxy) is 1. The summed E-state index contributed by atoms with van der Waals surface area (Å²) < 4.78 is 32.5. The van der Waals surface area contributed by atoms with Gasteiger partial charge in [-0.2, -0.15) is 8.78 Å². The van der Waals surface area contributed by atoms with Crippen LogP contribution < -0.4 is 5.32 Å². The summed E-state index contributed by atoms with van der Waals surface area (Å²) in [6.45, 7) is 1.33. The molecule has 4 fully saturated rings. The molecule has 0 radical (unpaired) electrons. The highest BCUT2D eigenvalue weighted by molar-refractivity contribution is 7.14. The highest BCUT2D eigenvalue weighted by Gasteiger charge is 2.54. The van der Waals surface area contributed by atoms with Crippen molar-refractivity contribution in [3.05, 3.63) is 11.1 Å². The van der Waals surface area contributed by atoms with Gasteiger partial charge >= 0.3 is 11.9 Å². The molecule has 5 nitrogen and oxygen atoms in total. The summed E-state index contributed by atoms with van der Waals surface area (Å²) in [7, 11) is 0. The molecule has 1 aromatic rings. The largest absolute Gasteiger partial charge is 0.461 e. The molecule has 1 heterocycles. The quantitative estimate of drug-likeness (QED) is 0.781. The number of rotatable bonds is 5. The molecule has 4 aliphatic carbocycles. The van der Waals surface area contributed by atoms with Crippen LogP contribution in [0.5, 0.6) is 0 Å². The molecule has 0 spiro atoms. The monoisotopic (exact) mass is 384 g/mol. The van der Waals surface area contributed by atoms with Crippen molar-refractivity contribution in [2.45, 2.75) is 51.4 Å². The SMILES string of the molecule is CCOC(=O)C(F)(F)c1csc(NC(=O)C23CC4CC(CC(C4)C2)C3)n1. The Morgan fingerprint density at radius 3 is 2.38 bits per heavy atom. The number of carbonyl (C=O) groups is 2. The van der Waals surface area contributed by atoms with Gasteiger partial charge in [0.2, 0.25) is 5.91 Å². The van der Waals surface area contributed by atoms with Crippen molar-refractivity contribution in [2.24, 2.45) is 23.2 Å². The third-order valence-corrected chi connectivity index (χ3v) is 6.86. The van der Waals surface area contributed by atoms with E-state index in [9.17, 15) is 18.4 Å². The number of amides is 1. The fourth-order valence-corrected chi connectivity index (χ4v) is 6.15. The smallest absolute Gasteiger partial charge is 0.385 e. The number of alkyl halides is 2. The molecule has 1 N–H and O–H groups in total. The van der Waals surface area contributed by atoms with Gasteiger partial charge in [0.1, 0.15) is 5.69 Å². The van der Waals surface area contributed by atoms with Gasteiger partial charge in [-0.25, -0.2) is 9.78 Å². The van der Waals surface area contributed by atoms with Crippen molar-refractivity contribution in [1.82, 2.24) is 4.98 Å². The second-order valence-electron chi connectivity index (χ2n) is 7.98. The minimum Gasteiger partial charge on any atom is -0.461 e. The number of esters is 1. The summed E-state index contributed by atoms with van der Waals surface area (Å²) in [4.78, 5) is 28.2. The maximum Gasteiger partial charge on any atom is 0.385 e. The lowest BCUT2D eigenvalue weighted by atomic mass is 9.49. The van der Waals surface area contributed by atoms with Gasteiger partial charge in [-0.05, 0) is 63.2 Å². The van der Waals surface area contributed by atoms with Gasteiger partial charge in [-0.1, -0.05) is 0 Å². The van der Waals surface area contributed by atoms with Crippen LogP contribution in [-0.2, 0) is 20.2 Å². The van der Waals surface area contributed by atoms with Crippen LogP contribution in [0.3, 0.4) is 0 Å². The summed E-state index contributed by atoms with van der Waals surface area (Å²) in [6, 6.07) is 0. The van der Waals surface area contributed by atoms with Crippen molar-refractivity contribution in [2.75, 3.05) is 11.9 Å². The molecule has 26 heavy (non-hydrogen) atoms. The van der Waals surface area contributed by atoms with E-state index in [4.69, 9.17) is 0 Å². The molecule has 0 aromatic carbocycles. The number of nitrogens with one attached hydrogen (secondary N) is 1. The van der Waals surface area contributed by atoms with Crippen molar-refractivity contribution in [1.29, 1.82) is 0 Å². The molecule has 0 atom stereocenters. The number of aromatic nitrogens is 1. The topological polar surface area (TPSA) is 68.3 Å². The zero-order valence-corrected chi connectivity index (χ0v) is 15.4. The predicted octanol–water partition coefficient (Wildman–Crippen LogP) is 3.95. The number of halogens is 2. The standard InChI is InChI=1S/C18H22F2N2O3S/c1-2-25-15(24)18(19,20)13-9-26-16(21-13)22-14(23)17-6-10-3-11(7-17)5-12(4-10)8-17/h9-12H,2-8H2,1H3,(H,21,22,23). The van der Waals surface area contributed by atoms with Crippen LogP contribution in [0.15, 0.2) is 5.38 Å². The summed E-state index contributed by atoms with van der Waals surface area (Å²) >= 11 is 0.913. The van der Waals surface area contributed by atoms with E-state index in [2.05, 4.69) is 15.0 Å². The van der Waals surface area contributed by atoms with Crippen LogP contribution in [0.1, 0.15) is 51.1 Å². The van der Waals surface area contributed by atoms with E-state index in [0.29, 0.717) is 17.8 Å². The minimum absolute atomic E-state index is 0.100. The molecule has 8 heteroatoms. The van der Waals surface area contributed by atoms with Crippen LogP contribution in [-0.4, -0.2) is 23.5 Å². The van der Waals surface area contributed by atoms with E-state index in [1.165, 1.54) is 26.2 Å². The molecule has 0 saturated heterocycles. The Kier molecular flexibility index (Phi) is 4.28. The third-order valence-electron chi connectivity index (χ3n) is 6.10. The van der Waals surface area contributed by atoms with Gasteiger partial charge in [-0.15, -0.1) is 11.3 Å². The Morgan fingerprint density at radius 2 is 1.85 bits per heavy atom. The molecule has 4 aliphatic rings. The molecule has 1 aromatic heterocycles. The van der Waals surface area contributed by atoms with Gasteiger partial charge in [0.05, 0.1) is 12.0 Å². The van der Waals surface area contributed by atoms with E-state index in [-0.39, 0.29) is 23.1 Å². The second-order valence-corrected chi connectivity index (χ2v) is 8.84. The second kappa shape index (κ2) is 6.25. The first-order chi connectivity index (χ1) is 12.3. The Balaban J connectivity index is 1.48. The van der Waals surface area contributed by atoms with Crippen LogP contribution in [0.4, 0.5) is 13.9 Å². The van der Waals surface area contributed by atoms with Crippen LogP contribution >= 0.6 is 11.3 Å². The molecular formula is C18H22F2N2O3S. The predicted molar refractivity (Wildman–Crippen MR) is 91.9 cm³/mol. The number of thiazole rings is 1. The Bertz CT molecular complexity index is 698. The Morgan fingerprint density at radius 1 is 1.27 bits per heavy atom. The molecule has 0 aliphatic heterocycles. The van der Waals surface area contributed by atoms with Crippen molar-refractivity contribution in [3.63, 3.8) is 0 Å². The zero-order chi connectivity index (χ0) is 18.5. The van der Waals surface area contributed by atoms with Gasteiger partial charge < -0.3 is 10.1 Å². The molecule has 1 amide bonds. The first-order valence-electron chi connectivity index (χ1n) is 9.15. The molecule has 5 rings (SSSR count). The average molecular weight is 384 g/mol. The lowest BCUT2D eigenvalue weighted by Crippen LogP contribution is -2.51. The molecular weight excluding hydrogens is 362 g/mol. The fraction of sp³-hybridized carbons (Fsp3) is 0.722. The summed E-state index contributed by atoms with van der Waals surface area (Å²) in [6.07, 6.45) is 6.34. The van der Waals surface area contributed by atoms with Crippen LogP contribution in [0, 0.1) is 23.2 Å². The summed E-state index contributed by atoms with van der Waals surface area (Å²) in [5, 5.41) is 3.96. The van der Waals surface area contributed by atoms with Gasteiger partial charge in [-0.3, -0.25) is 4.79 Å². The van der Waals surface area contributed by atoms with E-state index in [1.54, 1.807) is 0 Å². The van der Waals surface area contributed by atoms with Crippen molar-refractivity contribution >= 4 is 28.3 Å². The first-order valence-corrected chi connectivity index (χ1v) is 10.0. The average Bonchev–Trinajstić information content (AvgIpc) is 3.03. The molecule has 4 bridgehead atoms. The number of carbonyl (C=O) groups excluding carboxylic acids is 2. The normalized spacial score (nSPS) is 32.5. The summed E-state index contributed by atoms with van der Waals surface area (Å²) in [5.74, 6) is -3.68. The maximum atomic E-state index is 14.1. The highest BCUT2D eigenvalue weighted by atomic mass is 32.1. The summed E-state index contributed by atoms with van der Waals surface area (Å²) in [5.41, 5.74) is -1.05. The number of nitrogens with zero attached hydrogens (tertiary/aromatic N) is 1. The lowest BCUT2D eigenvalue weighted by Gasteiger charge is -2.55. The number of anilines is 1. The third kappa shape index (κ3) is 2.92. The van der Waals surface area contributed by atoms with Crippen LogP contribution in [0.2, 0.25) is 0 Å². The molecule has 0 unspecified atom stereocenters. The Hall–Kier alpha value is -1.57. The van der Waals surface area contributed by atoms with E-state index < -0.39 is 17.6 Å².